The molecule has 1 aromatic heterocycles. The zero-order valence-electron chi connectivity index (χ0n) is 10.6. The summed E-state index contributed by atoms with van der Waals surface area (Å²) >= 11 is 3.43. The van der Waals surface area contributed by atoms with E-state index in [-0.39, 0.29) is 11.9 Å². The van der Waals surface area contributed by atoms with E-state index in [9.17, 15) is 4.79 Å². The first-order valence-corrected chi connectivity index (χ1v) is 7.12. The normalized spacial score (nSPS) is 18.9. The highest BCUT2D eigenvalue weighted by Gasteiger charge is 2.26. The molecule has 3 rings (SSSR count). The maximum absolute atomic E-state index is 12.4. The lowest BCUT2D eigenvalue weighted by Gasteiger charge is -2.22. The van der Waals surface area contributed by atoms with Crippen LogP contribution in [0, 0.1) is 0 Å². The van der Waals surface area contributed by atoms with Crippen molar-refractivity contribution in [1.29, 1.82) is 0 Å². The molecule has 1 amide bonds. The monoisotopic (exact) mass is 322 g/mol. The second kappa shape index (κ2) is 4.98. The minimum atomic E-state index is -0.0585. The fraction of sp³-hybridized carbons (Fsp3) is 0.357. The van der Waals surface area contributed by atoms with E-state index in [1.54, 1.807) is 11.0 Å². The predicted octanol–water partition coefficient (Wildman–Crippen LogP) is 2.63. The summed E-state index contributed by atoms with van der Waals surface area (Å²) < 4.78 is 6.55. The first-order valence-electron chi connectivity index (χ1n) is 6.33. The Morgan fingerprint density at radius 2 is 2.37 bits per heavy atom. The molecule has 1 unspecified atom stereocenters. The number of hydrogen-bond acceptors (Lipinski definition) is 3. The van der Waals surface area contributed by atoms with Crippen LogP contribution in [0.4, 0.5) is 0 Å². The molecular formula is C14H15BrN2O2. The molecule has 1 saturated heterocycles. The van der Waals surface area contributed by atoms with Crippen molar-refractivity contribution >= 4 is 32.8 Å². The van der Waals surface area contributed by atoms with Gasteiger partial charge in [-0.25, -0.2) is 0 Å². The standard InChI is InChI=1S/C14H15BrN2O2/c1-17(10-5-6-16-8-10)14(18)12-7-9-3-2-4-11(15)13(9)19-12/h2-4,7,10,16H,5-6,8H2,1H3. The number of carbonyl (C=O) groups is 1. The van der Waals surface area contributed by atoms with E-state index in [0.29, 0.717) is 5.76 Å². The number of furan rings is 1. The van der Waals surface area contributed by atoms with Crippen molar-refractivity contribution in [2.24, 2.45) is 0 Å². The number of nitrogens with one attached hydrogen (secondary N) is 1. The van der Waals surface area contributed by atoms with E-state index < -0.39 is 0 Å². The summed E-state index contributed by atoms with van der Waals surface area (Å²) in [6, 6.07) is 7.84. The van der Waals surface area contributed by atoms with Crippen molar-refractivity contribution in [3.8, 4) is 0 Å². The number of para-hydroxylation sites is 1. The molecule has 5 heteroatoms. The van der Waals surface area contributed by atoms with Crippen molar-refractivity contribution in [2.45, 2.75) is 12.5 Å². The summed E-state index contributed by atoms with van der Waals surface area (Å²) in [5.74, 6) is 0.341. The van der Waals surface area contributed by atoms with Crippen LogP contribution in [0.25, 0.3) is 11.0 Å². The third-order valence-corrected chi connectivity index (χ3v) is 4.23. The number of amides is 1. The largest absolute Gasteiger partial charge is 0.450 e. The molecular weight excluding hydrogens is 308 g/mol. The number of hydrogen-bond donors (Lipinski definition) is 1. The van der Waals surface area contributed by atoms with E-state index in [2.05, 4.69) is 21.2 Å². The zero-order valence-corrected chi connectivity index (χ0v) is 12.2. The summed E-state index contributed by atoms with van der Waals surface area (Å²) in [5, 5.41) is 4.20. The SMILES string of the molecule is CN(C(=O)c1cc2cccc(Br)c2o1)C1CCNC1. The van der Waals surface area contributed by atoms with E-state index >= 15 is 0 Å². The summed E-state index contributed by atoms with van der Waals surface area (Å²) in [4.78, 5) is 14.2. The van der Waals surface area contributed by atoms with Gasteiger partial charge in [-0.15, -0.1) is 0 Å². The highest BCUT2D eigenvalue weighted by atomic mass is 79.9. The summed E-state index contributed by atoms with van der Waals surface area (Å²) in [6.45, 7) is 1.82. The Morgan fingerprint density at radius 1 is 1.53 bits per heavy atom. The highest BCUT2D eigenvalue weighted by molar-refractivity contribution is 9.10. The summed E-state index contributed by atoms with van der Waals surface area (Å²) in [6.07, 6.45) is 0.992. The molecule has 1 aliphatic heterocycles. The lowest BCUT2D eigenvalue weighted by atomic mass is 10.2. The van der Waals surface area contributed by atoms with Gasteiger partial charge in [0.1, 0.15) is 5.58 Å². The van der Waals surface area contributed by atoms with Crippen LogP contribution >= 0.6 is 15.9 Å². The molecule has 0 radical (unpaired) electrons. The number of fused-ring (bicyclic) bond motifs is 1. The molecule has 4 nitrogen and oxygen atoms in total. The van der Waals surface area contributed by atoms with E-state index in [1.807, 2.05) is 25.2 Å². The maximum Gasteiger partial charge on any atom is 0.289 e. The number of nitrogens with zero attached hydrogens (tertiary/aromatic N) is 1. The fourth-order valence-corrected chi connectivity index (χ4v) is 2.91. The zero-order chi connectivity index (χ0) is 13.4. The molecule has 2 aromatic rings. The number of likely N-dealkylation sites (N-methyl/N-ethyl adjacent to an activating group) is 1. The van der Waals surface area contributed by atoms with Crippen LogP contribution in [0.15, 0.2) is 33.2 Å². The molecule has 1 fully saturated rings. The van der Waals surface area contributed by atoms with Crippen molar-refractivity contribution < 1.29 is 9.21 Å². The third-order valence-electron chi connectivity index (χ3n) is 3.61. The van der Waals surface area contributed by atoms with Gasteiger partial charge < -0.3 is 14.6 Å². The average Bonchev–Trinajstić information content (AvgIpc) is 3.06. The first kappa shape index (κ1) is 12.7. The average molecular weight is 323 g/mol. The topological polar surface area (TPSA) is 45.5 Å². The van der Waals surface area contributed by atoms with Crippen molar-refractivity contribution in [2.75, 3.05) is 20.1 Å². The molecule has 1 aromatic carbocycles. The van der Waals surface area contributed by atoms with Crippen LogP contribution in [0.2, 0.25) is 0 Å². The van der Waals surface area contributed by atoms with Gasteiger partial charge in [0, 0.05) is 25.0 Å². The smallest absolute Gasteiger partial charge is 0.289 e. The predicted molar refractivity (Wildman–Crippen MR) is 77.3 cm³/mol. The second-order valence-corrected chi connectivity index (χ2v) is 5.69. The van der Waals surface area contributed by atoms with Crippen LogP contribution in [0.1, 0.15) is 17.0 Å². The van der Waals surface area contributed by atoms with Crippen LogP contribution in [0.3, 0.4) is 0 Å². The van der Waals surface area contributed by atoms with Crippen LogP contribution in [-0.2, 0) is 0 Å². The first-order chi connectivity index (χ1) is 9.16. The molecule has 19 heavy (non-hydrogen) atoms. The summed E-state index contributed by atoms with van der Waals surface area (Å²) in [5.41, 5.74) is 0.726. The van der Waals surface area contributed by atoms with E-state index in [4.69, 9.17) is 4.42 Å². The number of halogens is 1. The molecule has 1 N–H and O–H groups in total. The molecule has 1 atom stereocenters. The Hall–Kier alpha value is -1.33. The minimum Gasteiger partial charge on any atom is -0.450 e. The molecule has 1 aliphatic rings. The Morgan fingerprint density at radius 3 is 3.05 bits per heavy atom. The molecule has 100 valence electrons. The van der Waals surface area contributed by atoms with Gasteiger partial charge in [-0.05, 0) is 41.0 Å². The van der Waals surface area contributed by atoms with Crippen molar-refractivity contribution in [3.05, 3.63) is 34.5 Å². The third kappa shape index (κ3) is 2.28. The van der Waals surface area contributed by atoms with E-state index in [0.717, 1.165) is 35.0 Å². The quantitative estimate of drug-likeness (QED) is 0.924. The van der Waals surface area contributed by atoms with Crippen LogP contribution in [-0.4, -0.2) is 37.0 Å². The van der Waals surface area contributed by atoms with E-state index in [1.165, 1.54) is 0 Å². The van der Waals surface area contributed by atoms with Crippen molar-refractivity contribution in [1.82, 2.24) is 10.2 Å². The highest BCUT2D eigenvalue weighted by Crippen LogP contribution is 2.27. The Bertz CT molecular complexity index is 617. The molecule has 0 bridgehead atoms. The maximum atomic E-state index is 12.4. The number of benzene rings is 1. The second-order valence-electron chi connectivity index (χ2n) is 4.83. The molecule has 0 aliphatic carbocycles. The van der Waals surface area contributed by atoms with Crippen molar-refractivity contribution in [3.63, 3.8) is 0 Å². The van der Waals surface area contributed by atoms with Gasteiger partial charge in [0.15, 0.2) is 5.76 Å². The fourth-order valence-electron chi connectivity index (χ4n) is 2.44. The van der Waals surface area contributed by atoms with Gasteiger partial charge in [-0.1, -0.05) is 12.1 Å². The number of rotatable bonds is 2. The van der Waals surface area contributed by atoms with Gasteiger partial charge in [-0.3, -0.25) is 4.79 Å². The summed E-state index contributed by atoms with van der Waals surface area (Å²) in [7, 11) is 1.84. The number of carbonyl (C=O) groups excluding carboxylic acids is 1. The Kier molecular flexibility index (Phi) is 3.33. The van der Waals surface area contributed by atoms with Gasteiger partial charge in [0.2, 0.25) is 0 Å². The minimum absolute atomic E-state index is 0.0585. The lowest BCUT2D eigenvalue weighted by molar-refractivity contribution is 0.0714. The molecule has 0 saturated carbocycles. The lowest BCUT2D eigenvalue weighted by Crippen LogP contribution is -2.38. The van der Waals surface area contributed by atoms with Gasteiger partial charge in [-0.2, -0.15) is 0 Å². The molecule has 0 spiro atoms. The van der Waals surface area contributed by atoms with Crippen LogP contribution in [0.5, 0.6) is 0 Å². The van der Waals surface area contributed by atoms with Gasteiger partial charge >= 0.3 is 0 Å². The Labute approximate surface area is 119 Å². The van der Waals surface area contributed by atoms with Gasteiger partial charge in [0.25, 0.3) is 5.91 Å². The van der Waals surface area contributed by atoms with Crippen LogP contribution < -0.4 is 5.32 Å². The molecule has 2 heterocycles. The van der Waals surface area contributed by atoms with Gasteiger partial charge in [0.05, 0.1) is 4.47 Å². The Balaban J connectivity index is 1.90.